The third-order valence-electron chi connectivity index (χ3n) is 33.5. The molecule has 0 atom stereocenters. The van der Waals surface area contributed by atoms with Crippen LogP contribution in [0.1, 0.15) is 0 Å². The lowest BCUT2D eigenvalue weighted by molar-refractivity contribution is 1.66. The Kier molecular flexibility index (Phi) is 18.5. The Labute approximate surface area is 866 Å². The number of hydrogen-bond donors (Lipinski definition) is 0. The van der Waals surface area contributed by atoms with Crippen molar-refractivity contribution >= 4 is 172 Å². The minimum Gasteiger partial charge on any atom is -0.0622 e. The van der Waals surface area contributed by atoms with Crippen molar-refractivity contribution in [3.8, 4) is 167 Å². The van der Waals surface area contributed by atoms with E-state index in [2.05, 4.69) is 534 Å². The predicted molar refractivity (Wildman–Crippen MR) is 644 cm³/mol. The van der Waals surface area contributed by atoms with Crippen molar-refractivity contribution in [2.24, 2.45) is 0 Å². The molecule has 31 aromatic carbocycles. The molecule has 0 fully saturated rings. The SMILES string of the molecule is c1ccc(-c2c3cc4c5ccccc5c5cccc(c3c(-c3ccccc3)c3c6cccc7cccc(c23)c76)c54)cc1.c1ccc2c(c1)-c1cccc3c(-c4ccc5c6c(cccc46)-c4ccccc4-5)ccc-2c13.c1ccc2c(c1)-c1cccc3c(-c4ccc5cc(-c6ccc7c8c(cccc68)-c6ccccc6-7)ccc5c4)ccc-2c13.c1ccc2cc(-c3c4ccccc4c(-c4ccc5ccccc5c4)c4ccccc34)ccc2c1. The third-order valence-corrected chi connectivity index (χ3v) is 33.5. The summed E-state index contributed by atoms with van der Waals surface area (Å²) in [5.74, 6) is 0. The molecule has 0 radical (unpaired) electrons. The number of benzene rings is 29. The van der Waals surface area contributed by atoms with Gasteiger partial charge in [-0.25, -0.2) is 0 Å². The molecule has 0 heterocycles. The summed E-state index contributed by atoms with van der Waals surface area (Å²) < 4.78 is 0. The van der Waals surface area contributed by atoms with E-state index >= 15 is 0 Å². The van der Waals surface area contributed by atoms with Crippen molar-refractivity contribution in [3.63, 3.8) is 0 Å². The van der Waals surface area contributed by atoms with Gasteiger partial charge >= 0.3 is 0 Å². The maximum Gasteiger partial charge on any atom is -0.000719 e. The molecular weight excluding hydrogens is 1800 g/mol. The molecular formula is C150H88. The fourth-order valence-electron chi connectivity index (χ4n) is 27.2. The molecule has 4 aliphatic rings. The van der Waals surface area contributed by atoms with Crippen LogP contribution in [0.25, 0.3) is 339 Å². The first-order valence-electron chi connectivity index (χ1n) is 52.4. The average molecular weight is 1890 g/mol. The molecule has 0 aliphatic heterocycles. The normalized spacial score (nSPS) is 12.1. The van der Waals surface area contributed by atoms with Crippen LogP contribution in [0, 0.1) is 0 Å². The summed E-state index contributed by atoms with van der Waals surface area (Å²) in [4.78, 5) is 0. The van der Waals surface area contributed by atoms with Gasteiger partial charge in [0.25, 0.3) is 0 Å². The van der Waals surface area contributed by atoms with E-state index in [1.807, 2.05) is 0 Å². The van der Waals surface area contributed by atoms with Crippen molar-refractivity contribution < 1.29 is 0 Å². The van der Waals surface area contributed by atoms with E-state index in [1.54, 1.807) is 0 Å². The Morgan fingerprint density at radius 2 is 0.320 bits per heavy atom. The third kappa shape index (κ3) is 12.5. The van der Waals surface area contributed by atoms with Crippen molar-refractivity contribution in [1.29, 1.82) is 0 Å². The lowest BCUT2D eigenvalue weighted by Crippen LogP contribution is -1.91. The molecule has 0 saturated carbocycles. The number of fused-ring (bicyclic) bond motifs is 25. The summed E-state index contributed by atoms with van der Waals surface area (Å²) in [5, 5.41) is 42.4. The van der Waals surface area contributed by atoms with Gasteiger partial charge in [-0.2, -0.15) is 0 Å². The predicted octanol–water partition coefficient (Wildman–Crippen LogP) is 42.3. The zero-order valence-electron chi connectivity index (χ0n) is 81.8. The van der Waals surface area contributed by atoms with Crippen molar-refractivity contribution in [3.05, 3.63) is 534 Å². The molecule has 0 nitrogen and oxygen atoms in total. The van der Waals surface area contributed by atoms with Crippen molar-refractivity contribution in [1.82, 2.24) is 0 Å². The van der Waals surface area contributed by atoms with Crippen molar-refractivity contribution in [2.45, 2.75) is 0 Å². The highest BCUT2D eigenvalue weighted by Crippen LogP contribution is 2.60. The highest BCUT2D eigenvalue weighted by Gasteiger charge is 2.32. The summed E-state index contributed by atoms with van der Waals surface area (Å²) in [6.07, 6.45) is 0. The molecule has 0 spiro atoms. The first-order valence-corrected chi connectivity index (χ1v) is 52.4. The Bertz CT molecular complexity index is 10600. The van der Waals surface area contributed by atoms with Crippen molar-refractivity contribution in [2.75, 3.05) is 0 Å². The highest BCUT2D eigenvalue weighted by molar-refractivity contribution is 6.45. The van der Waals surface area contributed by atoms with Crippen LogP contribution in [0.4, 0.5) is 0 Å². The van der Waals surface area contributed by atoms with Gasteiger partial charge < -0.3 is 0 Å². The van der Waals surface area contributed by atoms with Crippen LogP contribution in [0.2, 0.25) is 0 Å². The van der Waals surface area contributed by atoms with Gasteiger partial charge in [-0.1, -0.05) is 504 Å². The zero-order valence-corrected chi connectivity index (χ0v) is 81.8. The summed E-state index contributed by atoms with van der Waals surface area (Å²) >= 11 is 0. The molecule has 0 unspecified atom stereocenters. The lowest BCUT2D eigenvalue weighted by Gasteiger charge is -2.19. The van der Waals surface area contributed by atoms with Gasteiger partial charge in [0.1, 0.15) is 0 Å². The monoisotopic (exact) mass is 1890 g/mol. The van der Waals surface area contributed by atoms with E-state index in [4.69, 9.17) is 0 Å². The number of hydrogen-bond acceptors (Lipinski definition) is 0. The first-order chi connectivity index (χ1) is 74.5. The van der Waals surface area contributed by atoms with Crippen LogP contribution < -0.4 is 0 Å². The van der Waals surface area contributed by atoms with Gasteiger partial charge in [0.15, 0.2) is 0 Å². The van der Waals surface area contributed by atoms with E-state index in [-0.39, 0.29) is 0 Å². The van der Waals surface area contributed by atoms with Crippen LogP contribution in [0.3, 0.4) is 0 Å². The van der Waals surface area contributed by atoms with Gasteiger partial charge in [0, 0.05) is 0 Å². The standard InChI is InChI=1S/2C42H24.C34H22.C32H18/c1-3-9-33-31(7-1)37-13-5-11-35-29(19-21-39(33)41(35)37)27-17-15-26-24-28(18-16-25(26)23-27)30-20-22-40-34-10-4-2-8-32(34)38-14-6-12-36(30)42(38)40;1-3-12-26(13-4-1)37-35-24-34-29-19-8-7-18-28(29)30-20-11-23-33(39(30)34)40(35)38(27-14-5-2-6-15-27)42-32-22-10-17-25-16-9-21-31(36(25)32)41(37)42;1-3-11-25-21-27(19-17-23(25)9-1)33-29-13-5-7-15-31(29)34(32-16-8-6-14-30(32)33)28-20-18-24-10-2-4-12-26(24)22-28;1-3-9-21-19(7-1)25-11-5-13-27-23(15-17-29(21)31(25)27)24-16-18-30-22-10-4-2-8-20(22)26-12-6-14-28(24)32(26)30/h2*1-24H;1-22H;1-18H. The lowest BCUT2D eigenvalue weighted by atomic mass is 9.84. The minimum atomic E-state index is 1.26. The fraction of sp³-hybridized carbons (Fsp3) is 0. The molecule has 0 N–H and O–H groups in total. The van der Waals surface area contributed by atoms with Crippen LogP contribution >= 0.6 is 0 Å². The maximum atomic E-state index is 2.51. The molecule has 31 aromatic rings. The van der Waals surface area contributed by atoms with E-state index in [0.29, 0.717) is 0 Å². The molecule has 0 amide bonds. The Morgan fingerprint density at radius 3 is 0.727 bits per heavy atom. The summed E-state index contributed by atoms with van der Waals surface area (Å²) in [6, 6.07) is 197. The molecule has 0 bridgehead atoms. The zero-order chi connectivity index (χ0) is 98.0. The van der Waals surface area contributed by atoms with Gasteiger partial charge in [0.2, 0.25) is 0 Å². The second-order valence-electron chi connectivity index (χ2n) is 41.0. The van der Waals surface area contributed by atoms with Crippen LogP contribution in [0.5, 0.6) is 0 Å². The summed E-state index contributed by atoms with van der Waals surface area (Å²) in [5.41, 5.74) is 39.6. The van der Waals surface area contributed by atoms with Gasteiger partial charge in [-0.3, -0.25) is 0 Å². The first kappa shape index (κ1) is 83.9. The Hall–Kier alpha value is -19.5. The highest BCUT2D eigenvalue weighted by atomic mass is 14.4. The van der Waals surface area contributed by atoms with Gasteiger partial charge in [0.05, 0.1) is 0 Å². The smallest absolute Gasteiger partial charge is 0.000719 e. The Balaban J connectivity index is 0.0000000888. The van der Waals surface area contributed by atoms with E-state index in [9.17, 15) is 0 Å². The number of rotatable bonds is 7. The second kappa shape index (κ2) is 33.0. The topological polar surface area (TPSA) is 0 Å². The van der Waals surface area contributed by atoms with Crippen LogP contribution in [0.15, 0.2) is 534 Å². The molecule has 150 heavy (non-hydrogen) atoms. The summed E-state index contributed by atoms with van der Waals surface area (Å²) in [6.45, 7) is 0. The van der Waals surface area contributed by atoms with Crippen LogP contribution in [-0.4, -0.2) is 0 Å². The molecule has 688 valence electrons. The van der Waals surface area contributed by atoms with Crippen LogP contribution in [-0.2, 0) is 0 Å². The average Bonchev–Trinajstić information content (AvgIpc) is 1.51. The van der Waals surface area contributed by atoms with Gasteiger partial charge in [-0.15, -0.1) is 0 Å². The molecule has 35 rings (SSSR count). The minimum absolute atomic E-state index is 1.26. The molecule has 0 heteroatoms. The van der Waals surface area contributed by atoms with Gasteiger partial charge in [-0.05, 0) is 370 Å². The summed E-state index contributed by atoms with van der Waals surface area (Å²) in [7, 11) is 0. The molecule has 4 aliphatic carbocycles. The Morgan fingerprint density at radius 1 is 0.0733 bits per heavy atom. The molecule has 0 aromatic heterocycles. The second-order valence-corrected chi connectivity index (χ2v) is 41.0. The van der Waals surface area contributed by atoms with E-state index in [0.717, 1.165) is 0 Å². The largest absolute Gasteiger partial charge is 0.0622 e. The quantitative estimate of drug-likeness (QED) is 0.110. The van der Waals surface area contributed by atoms with E-state index in [1.165, 1.54) is 339 Å². The molecule has 0 saturated heterocycles. The fourth-order valence-corrected chi connectivity index (χ4v) is 27.2. The van der Waals surface area contributed by atoms with E-state index < -0.39 is 0 Å². The maximum absolute atomic E-state index is 2.51.